The van der Waals surface area contributed by atoms with E-state index in [2.05, 4.69) is 31.6 Å². The topological polar surface area (TPSA) is 127 Å². The molecule has 3 aromatic heterocycles. The summed E-state index contributed by atoms with van der Waals surface area (Å²) in [6.07, 6.45) is 5.85. The summed E-state index contributed by atoms with van der Waals surface area (Å²) in [4.78, 5) is 19.9. The van der Waals surface area contributed by atoms with E-state index in [1.54, 1.807) is 49.8 Å². The zero-order valence-electron chi connectivity index (χ0n) is 17.3. The molecule has 0 bridgehead atoms. The van der Waals surface area contributed by atoms with Gasteiger partial charge in [0.05, 0.1) is 17.5 Å². The van der Waals surface area contributed by atoms with E-state index in [9.17, 15) is 18.3 Å². The third-order valence-electron chi connectivity index (χ3n) is 4.50. The van der Waals surface area contributed by atoms with Crippen LogP contribution in [0.15, 0.2) is 78.2 Å². The molecule has 2 N–H and O–H groups in total. The number of rotatable bonds is 5. The van der Waals surface area contributed by atoms with Crippen LogP contribution in [0.3, 0.4) is 0 Å². The van der Waals surface area contributed by atoms with Crippen molar-refractivity contribution in [1.82, 2.24) is 19.7 Å². The van der Waals surface area contributed by atoms with Gasteiger partial charge < -0.3 is 5.11 Å². The minimum atomic E-state index is -3.99. The highest BCUT2D eigenvalue weighted by Gasteiger charge is 2.19. The van der Waals surface area contributed by atoms with E-state index in [-0.39, 0.29) is 16.3 Å². The molecule has 9 nitrogen and oxygen atoms in total. The summed E-state index contributed by atoms with van der Waals surface area (Å²) in [6.45, 7) is 0. The fourth-order valence-electron chi connectivity index (χ4n) is 2.89. The monoisotopic (exact) mass is 459 g/mol. The van der Waals surface area contributed by atoms with Crippen molar-refractivity contribution in [3.05, 3.63) is 90.0 Å². The molecule has 0 spiro atoms. The maximum absolute atomic E-state index is 12.6. The van der Waals surface area contributed by atoms with Gasteiger partial charge in [0.1, 0.15) is 10.7 Å². The lowest BCUT2D eigenvalue weighted by molar-refractivity contribution is 0.0697. The van der Waals surface area contributed by atoms with E-state index < -0.39 is 16.0 Å². The first-order chi connectivity index (χ1) is 15.8. The Bertz CT molecular complexity index is 1490. The molecule has 0 saturated heterocycles. The number of carbonyl (C=O) groups is 1. The molecular formula is C23H17N5O4S. The number of nitrogens with zero attached hydrogens (tertiary/aromatic N) is 4. The van der Waals surface area contributed by atoms with Gasteiger partial charge in [-0.2, -0.15) is 5.10 Å². The molecule has 0 atom stereocenters. The number of benzene rings is 1. The SMILES string of the molecule is Cn1cc(S(=O)(=O)Nc2cc(C(=O)O)cc(-c3ccc(C#Cc4cccnc4)cc3)n2)cn1. The molecule has 33 heavy (non-hydrogen) atoms. The van der Waals surface area contributed by atoms with Crippen LogP contribution in [0.2, 0.25) is 0 Å². The molecule has 0 unspecified atom stereocenters. The number of aromatic nitrogens is 4. The first-order valence-electron chi connectivity index (χ1n) is 9.59. The van der Waals surface area contributed by atoms with E-state index >= 15 is 0 Å². The van der Waals surface area contributed by atoms with Crippen molar-refractivity contribution < 1.29 is 18.3 Å². The van der Waals surface area contributed by atoms with Gasteiger partial charge in [-0.1, -0.05) is 24.0 Å². The number of aryl methyl sites for hydroxylation is 1. The fourth-order valence-corrected chi connectivity index (χ4v) is 3.87. The van der Waals surface area contributed by atoms with Crippen molar-refractivity contribution in [2.75, 3.05) is 4.72 Å². The third kappa shape index (κ3) is 5.23. The number of carboxylic acid groups (broad SMARTS) is 1. The van der Waals surface area contributed by atoms with Crippen LogP contribution in [0.1, 0.15) is 21.5 Å². The van der Waals surface area contributed by atoms with Gasteiger partial charge in [0.2, 0.25) is 0 Å². The van der Waals surface area contributed by atoms with Crippen molar-refractivity contribution >= 4 is 21.8 Å². The van der Waals surface area contributed by atoms with Crippen molar-refractivity contribution in [1.29, 1.82) is 0 Å². The molecule has 0 amide bonds. The number of pyridine rings is 2. The second-order valence-electron chi connectivity index (χ2n) is 6.96. The van der Waals surface area contributed by atoms with Crippen LogP contribution in [0.25, 0.3) is 11.3 Å². The van der Waals surface area contributed by atoms with Crippen LogP contribution < -0.4 is 4.72 Å². The fraction of sp³-hybridized carbons (Fsp3) is 0.0435. The van der Waals surface area contributed by atoms with Gasteiger partial charge in [0, 0.05) is 42.3 Å². The lowest BCUT2D eigenvalue weighted by Crippen LogP contribution is -2.14. The molecular weight excluding hydrogens is 442 g/mol. The average Bonchev–Trinajstić information content (AvgIpc) is 3.25. The van der Waals surface area contributed by atoms with E-state index in [4.69, 9.17) is 0 Å². The minimum absolute atomic E-state index is 0.0642. The van der Waals surface area contributed by atoms with Crippen LogP contribution in [0.4, 0.5) is 5.82 Å². The van der Waals surface area contributed by atoms with E-state index in [0.29, 0.717) is 11.3 Å². The second-order valence-corrected chi connectivity index (χ2v) is 8.64. The molecule has 4 rings (SSSR count). The summed E-state index contributed by atoms with van der Waals surface area (Å²) in [5.74, 6) is 4.71. The van der Waals surface area contributed by atoms with Crippen molar-refractivity contribution in [2.24, 2.45) is 7.05 Å². The Balaban J connectivity index is 1.64. The molecule has 4 aromatic rings. The van der Waals surface area contributed by atoms with Crippen LogP contribution in [-0.4, -0.2) is 39.2 Å². The highest BCUT2D eigenvalue weighted by molar-refractivity contribution is 7.92. The molecule has 0 fully saturated rings. The third-order valence-corrected chi connectivity index (χ3v) is 5.81. The van der Waals surface area contributed by atoms with Crippen molar-refractivity contribution in [2.45, 2.75) is 4.90 Å². The number of sulfonamides is 1. The molecule has 0 saturated carbocycles. The summed E-state index contributed by atoms with van der Waals surface area (Å²) in [5.41, 5.74) is 2.32. The van der Waals surface area contributed by atoms with Gasteiger partial charge in [-0.25, -0.2) is 18.2 Å². The van der Waals surface area contributed by atoms with Crippen LogP contribution in [0, 0.1) is 11.8 Å². The highest BCUT2D eigenvalue weighted by Crippen LogP contribution is 2.23. The smallest absolute Gasteiger partial charge is 0.335 e. The van der Waals surface area contributed by atoms with Gasteiger partial charge in [0.25, 0.3) is 10.0 Å². The first kappa shape index (κ1) is 21.7. The lowest BCUT2D eigenvalue weighted by Gasteiger charge is -2.09. The van der Waals surface area contributed by atoms with Gasteiger partial charge >= 0.3 is 5.97 Å². The van der Waals surface area contributed by atoms with E-state index in [0.717, 1.165) is 17.2 Å². The molecule has 3 heterocycles. The van der Waals surface area contributed by atoms with Crippen LogP contribution in [0.5, 0.6) is 0 Å². The molecule has 0 radical (unpaired) electrons. The Morgan fingerprint density at radius 1 is 1.06 bits per heavy atom. The summed E-state index contributed by atoms with van der Waals surface area (Å²) < 4.78 is 28.9. The number of hydrogen-bond acceptors (Lipinski definition) is 6. The van der Waals surface area contributed by atoms with E-state index in [1.165, 1.54) is 23.1 Å². The standard InChI is InChI=1S/C23H17N5O4S/c1-28-15-20(14-25-28)33(31,32)27-22-12-19(23(29)30)11-21(26-22)18-8-6-16(7-9-18)4-5-17-3-2-10-24-13-17/h2-3,6-15H,1H3,(H,26,27)(H,29,30). The summed E-state index contributed by atoms with van der Waals surface area (Å²) in [6, 6.07) is 13.2. The Hall–Kier alpha value is -4.49. The number of aromatic carboxylic acids is 1. The largest absolute Gasteiger partial charge is 0.478 e. The number of hydrogen-bond donors (Lipinski definition) is 2. The molecule has 164 valence electrons. The normalized spacial score (nSPS) is 10.8. The van der Waals surface area contributed by atoms with E-state index in [1.807, 2.05) is 6.07 Å². The predicted molar refractivity (Wildman–Crippen MR) is 121 cm³/mol. The average molecular weight is 459 g/mol. The summed E-state index contributed by atoms with van der Waals surface area (Å²) in [5, 5.41) is 13.3. The summed E-state index contributed by atoms with van der Waals surface area (Å²) in [7, 11) is -2.40. The summed E-state index contributed by atoms with van der Waals surface area (Å²) >= 11 is 0. The maximum Gasteiger partial charge on any atom is 0.335 e. The molecule has 10 heteroatoms. The first-order valence-corrected chi connectivity index (χ1v) is 11.1. The van der Waals surface area contributed by atoms with Gasteiger partial charge in [-0.05, 0) is 36.4 Å². The van der Waals surface area contributed by atoms with Crippen LogP contribution >= 0.6 is 0 Å². The second kappa shape index (κ2) is 8.94. The predicted octanol–water partition coefficient (Wildman–Crippen LogP) is 2.78. The maximum atomic E-state index is 12.6. The highest BCUT2D eigenvalue weighted by atomic mass is 32.2. The zero-order valence-corrected chi connectivity index (χ0v) is 18.1. The Kier molecular flexibility index (Phi) is 5.89. The van der Waals surface area contributed by atoms with Gasteiger partial charge in [-0.3, -0.25) is 14.4 Å². The Labute approximate surface area is 189 Å². The zero-order chi connectivity index (χ0) is 23.4. The molecule has 0 aliphatic heterocycles. The molecule has 1 aromatic carbocycles. The van der Waals surface area contributed by atoms with Crippen LogP contribution in [-0.2, 0) is 17.1 Å². The number of carboxylic acids is 1. The quantitative estimate of drug-likeness (QED) is 0.439. The number of nitrogens with one attached hydrogen (secondary N) is 1. The Morgan fingerprint density at radius 3 is 2.45 bits per heavy atom. The van der Waals surface area contributed by atoms with Crippen molar-refractivity contribution in [3.8, 4) is 23.1 Å². The lowest BCUT2D eigenvalue weighted by atomic mass is 10.1. The number of anilines is 1. The Morgan fingerprint density at radius 2 is 1.82 bits per heavy atom. The van der Waals surface area contributed by atoms with Crippen molar-refractivity contribution in [3.63, 3.8) is 0 Å². The van der Waals surface area contributed by atoms with Gasteiger partial charge in [0.15, 0.2) is 0 Å². The molecule has 0 aliphatic rings. The molecule has 0 aliphatic carbocycles. The van der Waals surface area contributed by atoms with Gasteiger partial charge in [-0.15, -0.1) is 0 Å². The minimum Gasteiger partial charge on any atom is -0.478 e.